The fourth-order valence-electron chi connectivity index (χ4n) is 2.43. The third-order valence-corrected chi connectivity index (χ3v) is 3.85. The molecule has 5 heteroatoms. The van der Waals surface area contributed by atoms with Crippen LogP contribution in [0.2, 0.25) is 0 Å². The summed E-state index contributed by atoms with van der Waals surface area (Å²) in [5.41, 5.74) is 5.88. The highest BCUT2D eigenvalue weighted by Crippen LogP contribution is 2.16. The first-order valence-corrected chi connectivity index (χ1v) is 6.83. The van der Waals surface area contributed by atoms with Crippen LogP contribution < -0.4 is 5.73 Å². The van der Waals surface area contributed by atoms with Gasteiger partial charge in [0, 0.05) is 39.9 Å². The topological polar surface area (TPSA) is 58.8 Å². The number of piperidine rings is 1. The van der Waals surface area contributed by atoms with Crippen LogP contribution in [-0.4, -0.2) is 68.2 Å². The fraction of sp³-hybridized carbons (Fsp3) is 0.923. The van der Waals surface area contributed by atoms with Gasteiger partial charge in [-0.25, -0.2) is 0 Å². The molecule has 106 valence electrons. The number of carbonyl (C=O) groups excluding carboxylic acids is 1. The third kappa shape index (κ3) is 4.23. The number of ether oxygens (including phenoxy) is 1. The van der Waals surface area contributed by atoms with Crippen LogP contribution in [0.5, 0.6) is 0 Å². The van der Waals surface area contributed by atoms with E-state index >= 15 is 0 Å². The summed E-state index contributed by atoms with van der Waals surface area (Å²) in [6, 6.07) is -0.0898. The molecule has 0 bridgehead atoms. The van der Waals surface area contributed by atoms with E-state index in [0.29, 0.717) is 19.1 Å². The average Bonchev–Trinajstić information content (AvgIpc) is 2.43. The highest BCUT2D eigenvalue weighted by Gasteiger charge is 2.27. The van der Waals surface area contributed by atoms with E-state index < -0.39 is 6.04 Å². The van der Waals surface area contributed by atoms with Gasteiger partial charge in [0.1, 0.15) is 0 Å². The standard InChI is InChI=1S/C13H27N3O2/c1-4-16-8-5-11(6-9-16)15(2)13(17)12(14)7-10-18-3/h11-12H,4-10,14H2,1-3H3. The van der Waals surface area contributed by atoms with Crippen molar-refractivity contribution in [2.24, 2.45) is 5.73 Å². The zero-order valence-corrected chi connectivity index (χ0v) is 11.9. The van der Waals surface area contributed by atoms with Crippen molar-refractivity contribution < 1.29 is 9.53 Å². The molecule has 18 heavy (non-hydrogen) atoms. The molecule has 1 fully saturated rings. The van der Waals surface area contributed by atoms with Gasteiger partial charge in [0.2, 0.25) is 5.91 Å². The number of nitrogens with zero attached hydrogens (tertiary/aromatic N) is 2. The Hall–Kier alpha value is -0.650. The summed E-state index contributed by atoms with van der Waals surface area (Å²) in [6.45, 7) is 5.96. The van der Waals surface area contributed by atoms with Crippen molar-refractivity contribution in [2.45, 2.75) is 38.3 Å². The van der Waals surface area contributed by atoms with E-state index in [1.165, 1.54) is 0 Å². The van der Waals surface area contributed by atoms with Gasteiger partial charge in [-0.3, -0.25) is 4.79 Å². The van der Waals surface area contributed by atoms with Gasteiger partial charge >= 0.3 is 0 Å². The summed E-state index contributed by atoms with van der Waals surface area (Å²) in [5, 5.41) is 0. The van der Waals surface area contributed by atoms with Gasteiger partial charge in [-0.1, -0.05) is 6.92 Å². The van der Waals surface area contributed by atoms with E-state index in [2.05, 4.69) is 11.8 Å². The Morgan fingerprint density at radius 2 is 2.11 bits per heavy atom. The highest BCUT2D eigenvalue weighted by atomic mass is 16.5. The lowest BCUT2D eigenvalue weighted by Gasteiger charge is -2.37. The minimum atomic E-state index is -0.431. The van der Waals surface area contributed by atoms with Crippen LogP contribution in [0.4, 0.5) is 0 Å². The van der Waals surface area contributed by atoms with Crippen molar-refractivity contribution >= 4 is 5.91 Å². The number of hydrogen-bond acceptors (Lipinski definition) is 4. The van der Waals surface area contributed by atoms with Crippen LogP contribution in [0, 0.1) is 0 Å². The lowest BCUT2D eigenvalue weighted by molar-refractivity contribution is -0.134. The summed E-state index contributed by atoms with van der Waals surface area (Å²) < 4.78 is 4.96. The molecule has 0 aromatic heterocycles. The van der Waals surface area contributed by atoms with Gasteiger partial charge in [-0.05, 0) is 25.8 Å². The highest BCUT2D eigenvalue weighted by molar-refractivity contribution is 5.81. The second-order valence-corrected chi connectivity index (χ2v) is 5.00. The molecule has 1 aliphatic rings. The Balaban J connectivity index is 2.39. The van der Waals surface area contributed by atoms with Gasteiger partial charge in [0.15, 0.2) is 0 Å². The molecule has 1 aliphatic heterocycles. The van der Waals surface area contributed by atoms with Crippen molar-refractivity contribution in [3.63, 3.8) is 0 Å². The summed E-state index contributed by atoms with van der Waals surface area (Å²) in [7, 11) is 3.50. The van der Waals surface area contributed by atoms with Gasteiger partial charge in [-0.2, -0.15) is 0 Å². The first kappa shape index (κ1) is 15.4. The summed E-state index contributed by atoms with van der Waals surface area (Å²) in [5.74, 6) is 0.0435. The van der Waals surface area contributed by atoms with Gasteiger partial charge < -0.3 is 20.3 Å². The molecule has 0 radical (unpaired) electrons. The number of nitrogens with two attached hydrogens (primary N) is 1. The fourth-order valence-corrected chi connectivity index (χ4v) is 2.43. The van der Waals surface area contributed by atoms with Crippen LogP contribution in [0.15, 0.2) is 0 Å². The quantitative estimate of drug-likeness (QED) is 0.743. The van der Waals surface area contributed by atoms with Crippen molar-refractivity contribution in [1.82, 2.24) is 9.80 Å². The van der Waals surface area contributed by atoms with Crippen LogP contribution in [0.25, 0.3) is 0 Å². The predicted octanol–water partition coefficient (Wildman–Crippen LogP) is 0.293. The molecule has 0 saturated carbocycles. The molecule has 1 unspecified atom stereocenters. The Bertz CT molecular complexity index is 253. The van der Waals surface area contributed by atoms with Crippen molar-refractivity contribution in [3.05, 3.63) is 0 Å². The first-order valence-electron chi connectivity index (χ1n) is 6.83. The maximum Gasteiger partial charge on any atom is 0.239 e. The number of hydrogen-bond donors (Lipinski definition) is 1. The molecular formula is C13H27N3O2. The number of rotatable bonds is 6. The Labute approximate surface area is 110 Å². The second-order valence-electron chi connectivity index (χ2n) is 5.00. The molecule has 0 aromatic carbocycles. The summed E-state index contributed by atoms with van der Waals surface area (Å²) >= 11 is 0. The van der Waals surface area contributed by atoms with Crippen molar-refractivity contribution in [3.8, 4) is 0 Å². The Morgan fingerprint density at radius 1 is 1.50 bits per heavy atom. The minimum Gasteiger partial charge on any atom is -0.385 e. The van der Waals surface area contributed by atoms with E-state index in [0.717, 1.165) is 32.5 Å². The van der Waals surface area contributed by atoms with Crippen molar-refractivity contribution in [1.29, 1.82) is 0 Å². The predicted molar refractivity (Wildman–Crippen MR) is 72.4 cm³/mol. The maximum absolute atomic E-state index is 12.1. The van der Waals surface area contributed by atoms with Crippen molar-refractivity contribution in [2.75, 3.05) is 40.4 Å². The van der Waals surface area contributed by atoms with Crippen LogP contribution >= 0.6 is 0 Å². The van der Waals surface area contributed by atoms with E-state index in [9.17, 15) is 4.79 Å². The molecule has 5 nitrogen and oxygen atoms in total. The van der Waals surface area contributed by atoms with Crippen LogP contribution in [-0.2, 0) is 9.53 Å². The molecule has 1 saturated heterocycles. The Morgan fingerprint density at radius 3 is 2.61 bits per heavy atom. The van der Waals surface area contributed by atoms with E-state index in [1.54, 1.807) is 7.11 Å². The zero-order chi connectivity index (χ0) is 13.5. The first-order chi connectivity index (χ1) is 8.60. The van der Waals surface area contributed by atoms with E-state index in [4.69, 9.17) is 10.5 Å². The third-order valence-electron chi connectivity index (χ3n) is 3.85. The lowest BCUT2D eigenvalue weighted by atomic mass is 10.0. The molecule has 1 heterocycles. The molecule has 1 atom stereocenters. The Kier molecular flexibility index (Phi) is 6.60. The van der Waals surface area contributed by atoms with Gasteiger partial charge in [-0.15, -0.1) is 0 Å². The van der Waals surface area contributed by atoms with E-state index in [1.807, 2.05) is 11.9 Å². The average molecular weight is 257 g/mol. The number of likely N-dealkylation sites (N-methyl/N-ethyl adjacent to an activating group) is 1. The number of amides is 1. The molecule has 0 spiro atoms. The van der Waals surface area contributed by atoms with Crippen LogP contribution in [0.1, 0.15) is 26.2 Å². The van der Waals surface area contributed by atoms with Crippen LogP contribution in [0.3, 0.4) is 0 Å². The summed E-state index contributed by atoms with van der Waals surface area (Å²) in [6.07, 6.45) is 2.69. The molecule has 2 N–H and O–H groups in total. The normalized spacial score (nSPS) is 19.8. The molecule has 0 aliphatic carbocycles. The monoisotopic (exact) mass is 257 g/mol. The largest absolute Gasteiger partial charge is 0.385 e. The molecular weight excluding hydrogens is 230 g/mol. The number of carbonyl (C=O) groups is 1. The summed E-state index contributed by atoms with van der Waals surface area (Å²) in [4.78, 5) is 16.4. The SMILES string of the molecule is CCN1CCC(N(C)C(=O)C(N)CCOC)CC1. The number of likely N-dealkylation sites (tertiary alicyclic amines) is 1. The van der Waals surface area contributed by atoms with E-state index in [-0.39, 0.29) is 5.91 Å². The number of methoxy groups -OCH3 is 1. The molecule has 1 amide bonds. The second kappa shape index (κ2) is 7.71. The lowest BCUT2D eigenvalue weighted by Crippen LogP contribution is -2.50. The zero-order valence-electron chi connectivity index (χ0n) is 11.9. The van der Waals surface area contributed by atoms with Gasteiger partial charge in [0.05, 0.1) is 6.04 Å². The smallest absolute Gasteiger partial charge is 0.239 e. The van der Waals surface area contributed by atoms with Gasteiger partial charge in [0.25, 0.3) is 0 Å². The molecule has 0 aromatic rings. The molecule has 1 rings (SSSR count). The maximum atomic E-state index is 12.1. The minimum absolute atomic E-state index is 0.0435.